The van der Waals surface area contributed by atoms with Crippen LogP contribution in [-0.2, 0) is 20.9 Å². The fraction of sp³-hybridized carbons (Fsp3) is 0.414. The molecule has 0 aliphatic rings. The van der Waals surface area contributed by atoms with Crippen molar-refractivity contribution in [1.82, 2.24) is 10.3 Å². The van der Waals surface area contributed by atoms with E-state index in [2.05, 4.69) is 10.6 Å². The molecule has 0 aliphatic heterocycles. The van der Waals surface area contributed by atoms with E-state index in [9.17, 15) is 14.4 Å². The molecular formula is C29H43N5O4. The number of anilines is 1. The molecule has 2 rings (SSSR count). The molecule has 0 saturated heterocycles. The number of ether oxygens (including phenoxy) is 1. The van der Waals surface area contributed by atoms with Crippen LogP contribution in [-0.4, -0.2) is 35.9 Å². The Morgan fingerprint density at radius 3 is 2.18 bits per heavy atom. The minimum absolute atomic E-state index is 0.156. The van der Waals surface area contributed by atoms with Crippen molar-refractivity contribution >= 4 is 23.5 Å². The second-order valence-corrected chi connectivity index (χ2v) is 9.05. The van der Waals surface area contributed by atoms with E-state index >= 15 is 0 Å². The molecule has 0 saturated carbocycles. The maximum atomic E-state index is 12.7. The maximum absolute atomic E-state index is 12.7. The molecular weight excluding hydrogens is 482 g/mol. The van der Waals surface area contributed by atoms with Gasteiger partial charge in [-0.25, -0.2) is 5.84 Å². The number of nitrogens with two attached hydrogens (primary N) is 2. The van der Waals surface area contributed by atoms with E-state index in [1.807, 2.05) is 58.9 Å². The Kier molecular flexibility index (Phi) is 14.2. The summed E-state index contributed by atoms with van der Waals surface area (Å²) in [5.74, 6) is 4.24. The van der Waals surface area contributed by atoms with Crippen molar-refractivity contribution in [3.8, 4) is 0 Å². The topological polar surface area (TPSA) is 140 Å². The summed E-state index contributed by atoms with van der Waals surface area (Å²) >= 11 is 0. The van der Waals surface area contributed by atoms with Crippen LogP contribution in [0.3, 0.4) is 0 Å². The number of nitrogens with one attached hydrogen (secondary N) is 2. The van der Waals surface area contributed by atoms with Crippen LogP contribution in [0.4, 0.5) is 5.69 Å². The SMILES string of the molecule is CC.CCOC(=O)C(CC(C)C)C(=O)Nc1ccc(CN(N)/C=C(\N)CNC(=O)c2ccc(C)cc2)cc1. The molecule has 9 nitrogen and oxygen atoms in total. The smallest absolute Gasteiger partial charge is 0.318 e. The molecule has 6 N–H and O–H groups in total. The summed E-state index contributed by atoms with van der Waals surface area (Å²) in [4.78, 5) is 37.1. The normalized spacial score (nSPS) is 11.6. The van der Waals surface area contributed by atoms with E-state index in [-0.39, 0.29) is 25.0 Å². The molecule has 0 fully saturated rings. The second kappa shape index (κ2) is 16.8. The summed E-state index contributed by atoms with van der Waals surface area (Å²) in [6, 6.07) is 14.4. The second-order valence-electron chi connectivity index (χ2n) is 9.05. The van der Waals surface area contributed by atoms with E-state index in [0.29, 0.717) is 29.9 Å². The lowest BCUT2D eigenvalue weighted by Crippen LogP contribution is -2.32. The van der Waals surface area contributed by atoms with Gasteiger partial charge < -0.3 is 26.1 Å². The van der Waals surface area contributed by atoms with Crippen molar-refractivity contribution in [1.29, 1.82) is 0 Å². The van der Waals surface area contributed by atoms with E-state index in [4.69, 9.17) is 16.3 Å². The third-order valence-electron chi connectivity index (χ3n) is 5.28. The van der Waals surface area contributed by atoms with Crippen LogP contribution in [0.5, 0.6) is 0 Å². The third kappa shape index (κ3) is 11.5. The molecule has 0 radical (unpaired) electrons. The van der Waals surface area contributed by atoms with Crippen molar-refractivity contribution in [2.24, 2.45) is 23.4 Å². The average molecular weight is 526 g/mol. The molecule has 0 heterocycles. The molecule has 1 atom stereocenters. The number of hydrogen-bond donors (Lipinski definition) is 4. The van der Waals surface area contributed by atoms with Crippen molar-refractivity contribution in [3.63, 3.8) is 0 Å². The number of benzene rings is 2. The van der Waals surface area contributed by atoms with E-state index < -0.39 is 17.8 Å². The van der Waals surface area contributed by atoms with Crippen molar-refractivity contribution in [3.05, 3.63) is 77.1 Å². The zero-order chi connectivity index (χ0) is 28.7. The largest absolute Gasteiger partial charge is 0.465 e. The Balaban J connectivity index is 0.00000352. The number of carbonyl (C=O) groups excluding carboxylic acids is 3. The highest BCUT2D eigenvalue weighted by Crippen LogP contribution is 2.18. The van der Waals surface area contributed by atoms with Gasteiger partial charge in [0.25, 0.3) is 5.91 Å². The number of carbonyl (C=O) groups is 3. The van der Waals surface area contributed by atoms with Crippen LogP contribution in [0.2, 0.25) is 0 Å². The maximum Gasteiger partial charge on any atom is 0.318 e. The van der Waals surface area contributed by atoms with E-state index in [1.165, 1.54) is 5.01 Å². The Morgan fingerprint density at radius 2 is 1.63 bits per heavy atom. The molecule has 0 aromatic heterocycles. The molecule has 9 heteroatoms. The van der Waals surface area contributed by atoms with Gasteiger partial charge in [-0.2, -0.15) is 0 Å². The van der Waals surface area contributed by atoms with Crippen molar-refractivity contribution < 1.29 is 19.1 Å². The van der Waals surface area contributed by atoms with Crippen LogP contribution < -0.4 is 22.2 Å². The van der Waals surface area contributed by atoms with Crippen LogP contribution in [0.25, 0.3) is 0 Å². The van der Waals surface area contributed by atoms with Gasteiger partial charge >= 0.3 is 5.97 Å². The number of esters is 1. The quantitative estimate of drug-likeness (QED) is 0.142. The molecule has 0 aliphatic carbocycles. The van der Waals surface area contributed by atoms with Gasteiger partial charge in [0.2, 0.25) is 5.91 Å². The van der Waals surface area contributed by atoms with Gasteiger partial charge in [0.05, 0.1) is 19.7 Å². The van der Waals surface area contributed by atoms with Crippen molar-refractivity contribution in [2.75, 3.05) is 18.5 Å². The molecule has 2 amide bonds. The van der Waals surface area contributed by atoms with E-state index in [1.54, 1.807) is 37.4 Å². The molecule has 2 aromatic rings. The molecule has 0 spiro atoms. The lowest BCUT2D eigenvalue weighted by molar-refractivity contribution is -0.151. The first kappa shape index (κ1) is 32.2. The van der Waals surface area contributed by atoms with Crippen LogP contribution in [0, 0.1) is 18.8 Å². The first-order chi connectivity index (χ1) is 18.1. The Morgan fingerprint density at radius 1 is 1.03 bits per heavy atom. The van der Waals surface area contributed by atoms with Gasteiger partial charge in [-0.15, -0.1) is 0 Å². The lowest BCUT2D eigenvalue weighted by Gasteiger charge is -2.18. The fourth-order valence-corrected chi connectivity index (χ4v) is 3.45. The van der Waals surface area contributed by atoms with Gasteiger partial charge in [-0.3, -0.25) is 14.4 Å². The molecule has 208 valence electrons. The van der Waals surface area contributed by atoms with Gasteiger partial charge in [0.15, 0.2) is 0 Å². The summed E-state index contributed by atoms with van der Waals surface area (Å²) in [6.07, 6.45) is 1.96. The summed E-state index contributed by atoms with van der Waals surface area (Å²) in [6.45, 7) is 12.3. The first-order valence-corrected chi connectivity index (χ1v) is 13.0. The number of aryl methyl sites for hydroxylation is 1. The first-order valence-electron chi connectivity index (χ1n) is 13.0. The predicted octanol–water partition coefficient (Wildman–Crippen LogP) is 4.09. The number of nitrogens with zero attached hydrogens (tertiary/aromatic N) is 1. The predicted molar refractivity (Wildman–Crippen MR) is 152 cm³/mol. The van der Waals surface area contributed by atoms with Gasteiger partial charge in [0, 0.05) is 23.1 Å². The number of hydrazine groups is 1. The highest BCUT2D eigenvalue weighted by molar-refractivity contribution is 6.04. The number of amides is 2. The Hall–Kier alpha value is -3.85. The summed E-state index contributed by atoms with van der Waals surface area (Å²) < 4.78 is 5.06. The minimum Gasteiger partial charge on any atom is -0.465 e. The average Bonchev–Trinajstić information content (AvgIpc) is 2.88. The fourth-order valence-electron chi connectivity index (χ4n) is 3.45. The van der Waals surface area contributed by atoms with Crippen LogP contribution in [0.15, 0.2) is 60.4 Å². The standard InChI is InChI=1S/C27H37N5O4.C2H6/c1-5-36-27(35)24(14-18(2)3)26(34)31-23-12-8-20(9-13-23)16-32(29)17-22(28)15-30-25(33)21-10-6-19(4)7-11-21;1-2/h6-13,17-18,24H,5,14-16,28-29H2,1-4H3,(H,30,33)(H,31,34);1-2H3/b22-17-;. The minimum atomic E-state index is -0.858. The zero-order valence-electron chi connectivity index (χ0n) is 23.4. The number of rotatable bonds is 12. The molecule has 1 unspecified atom stereocenters. The highest BCUT2D eigenvalue weighted by Gasteiger charge is 2.28. The number of hydrogen-bond acceptors (Lipinski definition) is 7. The van der Waals surface area contributed by atoms with E-state index in [0.717, 1.165) is 11.1 Å². The van der Waals surface area contributed by atoms with Crippen LogP contribution >= 0.6 is 0 Å². The highest BCUT2D eigenvalue weighted by atomic mass is 16.5. The summed E-state index contributed by atoms with van der Waals surface area (Å²) in [5, 5.41) is 6.97. The Labute approximate surface area is 226 Å². The lowest BCUT2D eigenvalue weighted by atomic mass is 9.96. The third-order valence-corrected chi connectivity index (χ3v) is 5.28. The monoisotopic (exact) mass is 525 g/mol. The summed E-state index contributed by atoms with van der Waals surface area (Å²) in [7, 11) is 0. The van der Waals surface area contributed by atoms with Gasteiger partial charge in [0.1, 0.15) is 5.92 Å². The molecule has 2 aromatic carbocycles. The summed E-state index contributed by atoms with van der Waals surface area (Å²) in [5.41, 5.74) is 9.49. The van der Waals surface area contributed by atoms with Gasteiger partial charge in [-0.05, 0) is 56.0 Å². The molecule has 0 bridgehead atoms. The van der Waals surface area contributed by atoms with Gasteiger partial charge in [-0.1, -0.05) is 57.5 Å². The van der Waals surface area contributed by atoms with Crippen molar-refractivity contribution in [2.45, 2.75) is 54.5 Å². The van der Waals surface area contributed by atoms with Crippen LogP contribution in [0.1, 0.15) is 62.5 Å². The molecule has 38 heavy (non-hydrogen) atoms. The zero-order valence-corrected chi connectivity index (χ0v) is 23.4. The Bertz CT molecular complexity index is 1050.